The summed E-state index contributed by atoms with van der Waals surface area (Å²) >= 11 is 0. The highest BCUT2D eigenvalue weighted by Gasteiger charge is 2.47. The molecule has 2 N–H and O–H groups in total. The first kappa shape index (κ1) is 18.6. The summed E-state index contributed by atoms with van der Waals surface area (Å²) < 4.78 is 43.5. The Balaban J connectivity index is 1.62. The van der Waals surface area contributed by atoms with Crippen LogP contribution in [0.1, 0.15) is 19.6 Å². The van der Waals surface area contributed by atoms with Gasteiger partial charge in [0.15, 0.2) is 0 Å². The molecule has 0 spiro atoms. The number of nitrogens with zero attached hydrogens (tertiary/aromatic N) is 2. The molecule has 0 radical (unpaired) electrons. The van der Waals surface area contributed by atoms with Gasteiger partial charge in [-0.25, -0.2) is 13.8 Å². The molecule has 140 valence electrons. The molecule has 2 aromatic rings. The zero-order chi connectivity index (χ0) is 18.7. The van der Waals surface area contributed by atoms with Gasteiger partial charge in [-0.3, -0.25) is 9.09 Å². The van der Waals surface area contributed by atoms with Crippen LogP contribution in [0, 0.1) is 5.92 Å². The Labute approximate surface area is 149 Å². The minimum Gasteiger partial charge on any atom is -0.426 e. The molecule has 1 fully saturated rings. The van der Waals surface area contributed by atoms with Crippen molar-refractivity contribution in [1.29, 1.82) is 0 Å². The molecule has 26 heavy (non-hydrogen) atoms. The summed E-state index contributed by atoms with van der Waals surface area (Å²) in [5.74, 6) is -2.08. The quantitative estimate of drug-likeness (QED) is 0.764. The van der Waals surface area contributed by atoms with Gasteiger partial charge in [0.25, 0.3) is 0 Å². The minimum absolute atomic E-state index is 0.0328. The van der Waals surface area contributed by atoms with Crippen LogP contribution in [0.25, 0.3) is 0 Å². The molecule has 2 heterocycles. The van der Waals surface area contributed by atoms with Gasteiger partial charge in [-0.05, 0) is 18.2 Å². The van der Waals surface area contributed by atoms with E-state index in [1.165, 1.54) is 16.8 Å². The Morgan fingerprint density at radius 3 is 2.85 bits per heavy atom. The standard InChI is InChI=1S/C16H19FN3O5P/c1-11-9-16(17,10-23-26(22)25-12-5-3-2-4-6-12)24-14(11)20-8-7-13(18)19-15(20)21/h2-8,11,14,26H,9-10H2,1H3,(H2,18,19,21)/t11-,14+,16-/m0/s1. The second-order valence-corrected chi connectivity index (χ2v) is 7.06. The van der Waals surface area contributed by atoms with Crippen molar-refractivity contribution in [2.45, 2.75) is 25.4 Å². The first-order valence-corrected chi connectivity index (χ1v) is 9.20. The number of para-hydroxylation sites is 1. The van der Waals surface area contributed by atoms with Crippen molar-refractivity contribution >= 4 is 14.1 Å². The summed E-state index contributed by atoms with van der Waals surface area (Å²) in [5, 5.41) is 0. The normalized spacial score (nSPS) is 26.5. The van der Waals surface area contributed by atoms with E-state index in [9.17, 15) is 13.8 Å². The highest BCUT2D eigenvalue weighted by Crippen LogP contribution is 2.43. The molecule has 0 bridgehead atoms. The third kappa shape index (κ3) is 4.30. The van der Waals surface area contributed by atoms with E-state index in [-0.39, 0.29) is 18.2 Å². The molecular weight excluding hydrogens is 364 g/mol. The zero-order valence-corrected chi connectivity index (χ0v) is 15.0. The lowest BCUT2D eigenvalue weighted by atomic mass is 10.1. The van der Waals surface area contributed by atoms with Gasteiger partial charge in [-0.1, -0.05) is 25.1 Å². The molecule has 0 amide bonds. The molecule has 3 rings (SSSR count). The average Bonchev–Trinajstić information content (AvgIpc) is 2.89. The lowest BCUT2D eigenvalue weighted by Gasteiger charge is -2.21. The van der Waals surface area contributed by atoms with Crippen LogP contribution >= 0.6 is 8.25 Å². The summed E-state index contributed by atoms with van der Waals surface area (Å²) in [6.45, 7) is 1.16. The molecule has 10 heteroatoms. The van der Waals surface area contributed by atoms with Crippen molar-refractivity contribution in [3.05, 3.63) is 53.1 Å². The average molecular weight is 383 g/mol. The van der Waals surface area contributed by atoms with E-state index in [0.29, 0.717) is 5.75 Å². The SMILES string of the molecule is C[C@H]1C[C@@](F)(CO[PH](=O)Oc2ccccc2)O[C@H]1n1ccc(N)nc1=O. The van der Waals surface area contributed by atoms with Gasteiger partial charge in [-0.15, -0.1) is 0 Å². The number of halogens is 1. The molecule has 4 atom stereocenters. The van der Waals surface area contributed by atoms with E-state index in [1.807, 2.05) is 0 Å². The predicted octanol–water partition coefficient (Wildman–Crippen LogP) is 2.53. The molecule has 8 nitrogen and oxygen atoms in total. The summed E-state index contributed by atoms with van der Waals surface area (Å²) in [7, 11) is -2.95. The summed E-state index contributed by atoms with van der Waals surface area (Å²) in [4.78, 5) is 15.5. The number of anilines is 1. The molecule has 1 unspecified atom stereocenters. The monoisotopic (exact) mass is 383 g/mol. The van der Waals surface area contributed by atoms with Gasteiger partial charge < -0.3 is 15.0 Å². The number of alkyl halides is 1. The summed E-state index contributed by atoms with van der Waals surface area (Å²) in [6, 6.07) is 9.86. The first-order valence-electron chi connectivity index (χ1n) is 7.97. The van der Waals surface area contributed by atoms with Crippen molar-refractivity contribution < 1.29 is 22.7 Å². The highest BCUT2D eigenvalue weighted by atomic mass is 31.1. The van der Waals surface area contributed by atoms with Crippen molar-refractivity contribution in [1.82, 2.24) is 9.55 Å². The molecule has 0 saturated carbocycles. The molecule has 1 aliphatic rings. The van der Waals surface area contributed by atoms with Crippen LogP contribution in [-0.2, 0) is 13.8 Å². The summed E-state index contributed by atoms with van der Waals surface area (Å²) in [5.41, 5.74) is 4.82. The van der Waals surface area contributed by atoms with Gasteiger partial charge in [0.2, 0.25) is 5.85 Å². The maximum atomic E-state index is 14.9. The summed E-state index contributed by atoms with van der Waals surface area (Å²) in [6.07, 6.45) is 0.510. The predicted molar refractivity (Wildman–Crippen MR) is 92.7 cm³/mol. The van der Waals surface area contributed by atoms with Crippen LogP contribution in [-0.4, -0.2) is 22.0 Å². The fourth-order valence-electron chi connectivity index (χ4n) is 2.79. The van der Waals surface area contributed by atoms with Gasteiger partial charge in [-0.2, -0.15) is 4.98 Å². The van der Waals surface area contributed by atoms with Crippen molar-refractivity contribution in [2.24, 2.45) is 5.92 Å². The topological polar surface area (TPSA) is 106 Å². The number of rotatable bonds is 6. The lowest BCUT2D eigenvalue weighted by molar-refractivity contribution is -0.174. The number of nitrogen functional groups attached to an aromatic ring is 1. The largest absolute Gasteiger partial charge is 0.426 e. The fourth-order valence-corrected chi connectivity index (χ4v) is 3.51. The number of hydrogen-bond acceptors (Lipinski definition) is 7. The van der Waals surface area contributed by atoms with Crippen molar-refractivity contribution in [3.8, 4) is 5.75 Å². The molecule has 1 aromatic carbocycles. The van der Waals surface area contributed by atoms with Crippen LogP contribution in [0.3, 0.4) is 0 Å². The minimum atomic E-state index is -2.95. The second-order valence-electron chi connectivity index (χ2n) is 6.07. The molecule has 1 saturated heterocycles. The van der Waals surface area contributed by atoms with Gasteiger partial charge in [0.05, 0.1) is 0 Å². The van der Waals surface area contributed by atoms with E-state index < -0.39 is 32.6 Å². The highest BCUT2D eigenvalue weighted by molar-refractivity contribution is 7.33. The van der Waals surface area contributed by atoms with Crippen LogP contribution in [0.4, 0.5) is 10.2 Å². The Bertz CT molecular complexity index is 849. The Morgan fingerprint density at radius 2 is 2.15 bits per heavy atom. The number of benzene rings is 1. The van der Waals surface area contributed by atoms with E-state index in [0.717, 1.165) is 0 Å². The maximum absolute atomic E-state index is 14.9. The lowest BCUT2D eigenvalue weighted by Crippen LogP contribution is -2.32. The van der Waals surface area contributed by atoms with E-state index in [1.54, 1.807) is 37.3 Å². The van der Waals surface area contributed by atoms with Gasteiger partial charge in [0.1, 0.15) is 24.4 Å². The Kier molecular flexibility index (Phi) is 5.41. The van der Waals surface area contributed by atoms with E-state index in [4.69, 9.17) is 19.5 Å². The van der Waals surface area contributed by atoms with Crippen molar-refractivity contribution in [2.75, 3.05) is 12.3 Å². The number of hydrogen-bond donors (Lipinski definition) is 1. The third-order valence-corrected chi connectivity index (χ3v) is 4.70. The van der Waals surface area contributed by atoms with E-state index >= 15 is 0 Å². The van der Waals surface area contributed by atoms with Crippen LogP contribution in [0.5, 0.6) is 5.75 Å². The van der Waals surface area contributed by atoms with Crippen LogP contribution in [0.2, 0.25) is 0 Å². The van der Waals surface area contributed by atoms with Crippen molar-refractivity contribution in [3.63, 3.8) is 0 Å². The number of nitrogens with two attached hydrogens (primary N) is 1. The van der Waals surface area contributed by atoms with Crippen LogP contribution in [0.15, 0.2) is 47.4 Å². The first-order chi connectivity index (χ1) is 12.4. The molecular formula is C16H19FN3O5P. The fraction of sp³-hybridized carbons (Fsp3) is 0.375. The molecule has 1 aliphatic heterocycles. The van der Waals surface area contributed by atoms with Gasteiger partial charge in [0, 0.05) is 18.5 Å². The van der Waals surface area contributed by atoms with E-state index in [2.05, 4.69) is 4.98 Å². The number of ether oxygens (including phenoxy) is 1. The Morgan fingerprint density at radius 1 is 1.42 bits per heavy atom. The third-order valence-electron chi connectivity index (χ3n) is 3.92. The Hall–Kier alpha value is -2.22. The van der Waals surface area contributed by atoms with Crippen LogP contribution < -0.4 is 15.9 Å². The second kappa shape index (κ2) is 7.57. The molecule has 0 aliphatic carbocycles. The zero-order valence-electron chi connectivity index (χ0n) is 14.0. The molecule has 1 aromatic heterocycles. The number of aromatic nitrogens is 2. The maximum Gasteiger partial charge on any atom is 0.368 e. The van der Waals surface area contributed by atoms with Gasteiger partial charge >= 0.3 is 13.9 Å². The smallest absolute Gasteiger partial charge is 0.368 e.